The van der Waals surface area contributed by atoms with E-state index in [9.17, 15) is 54.0 Å². The van der Waals surface area contributed by atoms with Crippen LogP contribution in [-0.2, 0) is 40.0 Å². The Balaban J connectivity index is 1.65. The Morgan fingerprint density at radius 2 is 1.41 bits per heavy atom. The van der Waals surface area contributed by atoms with Crippen molar-refractivity contribution in [2.75, 3.05) is 45.9 Å². The number of fused-ring (bicyclic) bond motifs is 2. The summed E-state index contributed by atoms with van der Waals surface area (Å²) in [6, 6.07) is -1.03. The molecule has 11 atom stereocenters. The number of nitrogens with one attached hydrogen (secondary N) is 7. The molecule has 0 aromatic heterocycles. The van der Waals surface area contributed by atoms with Crippen molar-refractivity contribution >= 4 is 41.4 Å². The molecule has 3 aliphatic rings. The first kappa shape index (κ1) is 62.6. The van der Waals surface area contributed by atoms with Crippen molar-refractivity contribution in [2.45, 2.75) is 204 Å². The number of hydrogen-bond donors (Lipinski definition) is 12. The highest BCUT2D eigenvalue weighted by Gasteiger charge is 2.44. The maximum atomic E-state index is 14.5. The quantitative estimate of drug-likeness (QED) is 0.0575. The lowest BCUT2D eigenvalue weighted by atomic mass is 9.91. The second-order valence-electron chi connectivity index (χ2n) is 21.2. The number of benzene rings is 1. The fraction of sp³-hybridized carbons (Fsp3) is 0.759. The van der Waals surface area contributed by atoms with Crippen LogP contribution in [0.2, 0.25) is 0 Å². The summed E-state index contributed by atoms with van der Waals surface area (Å²) in [7, 11) is 0. The van der Waals surface area contributed by atoms with Crippen molar-refractivity contribution in [1.82, 2.24) is 47.0 Å². The number of aryl methyl sites for hydroxylation is 1. The molecular weight excluding hydrogens is 965 g/mol. The Hall–Kier alpha value is -4.93. The van der Waals surface area contributed by atoms with E-state index < -0.39 is 102 Å². The summed E-state index contributed by atoms with van der Waals surface area (Å²) in [6.07, 6.45) is 6.37. The maximum Gasteiger partial charge on any atom is 0.245 e. The summed E-state index contributed by atoms with van der Waals surface area (Å²) in [4.78, 5) is 103. The number of unbranched alkanes of at least 4 members (excludes halogenated alkanes) is 5. The van der Waals surface area contributed by atoms with Gasteiger partial charge in [-0.15, -0.1) is 0 Å². The number of hydrogen-bond acceptors (Lipinski definition) is 14. The number of phenols is 1. The molecule has 13 N–H and O–H groups in total. The molecule has 3 heterocycles. The SMILES string of the molecule is CCC(C)CC(C)CCCCCCCCC(=O)N[C@H]1C[C@@H](O)C(NCCNCCO)NC(=O)C2CCCN2C(=O)C(CCCN)NC(=O)C(CCc2ccc(O)cc2)NC(=O)C2C[C@@H](O)CN2C(=O)C(CC)NC1=O. The number of amides is 7. The van der Waals surface area contributed by atoms with Gasteiger partial charge < -0.3 is 67.9 Å². The van der Waals surface area contributed by atoms with Gasteiger partial charge in [-0.3, -0.25) is 38.9 Å². The van der Waals surface area contributed by atoms with E-state index in [0.29, 0.717) is 31.7 Å². The molecule has 75 heavy (non-hydrogen) atoms. The van der Waals surface area contributed by atoms with Crippen LogP contribution in [0.25, 0.3) is 0 Å². The van der Waals surface area contributed by atoms with Crippen LogP contribution in [0, 0.1) is 11.8 Å². The zero-order valence-electron chi connectivity index (χ0n) is 45.2. The molecule has 3 fully saturated rings. The van der Waals surface area contributed by atoms with Crippen molar-refractivity contribution in [3.05, 3.63) is 29.8 Å². The zero-order chi connectivity index (χ0) is 54.9. The third-order valence-corrected chi connectivity index (χ3v) is 14.9. The van der Waals surface area contributed by atoms with Gasteiger partial charge in [0.05, 0.1) is 18.8 Å². The highest BCUT2D eigenvalue weighted by molar-refractivity contribution is 5.97. The van der Waals surface area contributed by atoms with Gasteiger partial charge in [0.25, 0.3) is 0 Å². The molecule has 0 bridgehead atoms. The number of aromatic hydroxyl groups is 1. The first-order valence-electron chi connectivity index (χ1n) is 28.0. The van der Waals surface area contributed by atoms with E-state index in [4.69, 9.17) is 5.73 Å². The van der Waals surface area contributed by atoms with Gasteiger partial charge in [-0.2, -0.15) is 0 Å². The molecule has 3 aliphatic heterocycles. The van der Waals surface area contributed by atoms with E-state index >= 15 is 0 Å². The topological polar surface area (TPSA) is 317 Å². The molecule has 1 aromatic carbocycles. The second-order valence-corrected chi connectivity index (χ2v) is 21.2. The van der Waals surface area contributed by atoms with E-state index in [1.165, 1.54) is 41.2 Å². The minimum atomic E-state index is -1.52. The Labute approximate surface area is 444 Å². The summed E-state index contributed by atoms with van der Waals surface area (Å²) in [6.45, 7) is 9.26. The lowest BCUT2D eigenvalue weighted by Gasteiger charge is -2.33. The van der Waals surface area contributed by atoms with Gasteiger partial charge in [-0.1, -0.05) is 84.8 Å². The van der Waals surface area contributed by atoms with E-state index in [-0.39, 0.29) is 90.0 Å². The van der Waals surface area contributed by atoms with Gasteiger partial charge in [0.2, 0.25) is 41.4 Å². The largest absolute Gasteiger partial charge is 0.508 e. The number of aliphatic hydroxyl groups is 3. The average Bonchev–Trinajstić information content (AvgIpc) is 4.05. The van der Waals surface area contributed by atoms with Gasteiger partial charge in [0.1, 0.15) is 48.2 Å². The maximum absolute atomic E-state index is 14.5. The summed E-state index contributed by atoms with van der Waals surface area (Å²) in [5.41, 5.74) is 6.64. The van der Waals surface area contributed by atoms with Crippen LogP contribution in [0.4, 0.5) is 0 Å². The zero-order valence-corrected chi connectivity index (χ0v) is 45.2. The van der Waals surface area contributed by atoms with Crippen LogP contribution in [-0.4, -0.2) is 172 Å². The lowest BCUT2D eigenvalue weighted by molar-refractivity contribution is -0.143. The normalized spacial score (nSPS) is 26.3. The molecule has 0 radical (unpaired) electrons. The van der Waals surface area contributed by atoms with Gasteiger partial charge in [0.15, 0.2) is 0 Å². The molecule has 21 nitrogen and oxygen atoms in total. The molecule has 7 amide bonds. The molecular formula is C54H92N10O11. The van der Waals surface area contributed by atoms with Crippen LogP contribution < -0.4 is 43.0 Å². The monoisotopic (exact) mass is 1060 g/mol. The van der Waals surface area contributed by atoms with Gasteiger partial charge in [-0.25, -0.2) is 0 Å². The fourth-order valence-electron chi connectivity index (χ4n) is 10.4. The Bertz CT molecular complexity index is 1950. The Kier molecular flexibility index (Phi) is 27.8. The van der Waals surface area contributed by atoms with E-state index in [2.05, 4.69) is 58.0 Å². The van der Waals surface area contributed by atoms with E-state index in [1.54, 1.807) is 19.1 Å². The molecule has 0 aliphatic carbocycles. The Morgan fingerprint density at radius 1 is 0.747 bits per heavy atom. The molecule has 1 aromatic rings. The van der Waals surface area contributed by atoms with Crippen LogP contribution in [0.3, 0.4) is 0 Å². The third kappa shape index (κ3) is 20.9. The highest BCUT2D eigenvalue weighted by atomic mass is 16.3. The van der Waals surface area contributed by atoms with Crippen LogP contribution in [0.1, 0.15) is 149 Å². The first-order valence-corrected chi connectivity index (χ1v) is 28.0. The predicted octanol–water partition coefficient (Wildman–Crippen LogP) is 0.937. The van der Waals surface area contributed by atoms with Crippen molar-refractivity contribution in [2.24, 2.45) is 17.6 Å². The average molecular weight is 1060 g/mol. The minimum Gasteiger partial charge on any atom is -0.508 e. The number of phenolic OH excluding ortho intramolecular Hbond substituents is 1. The molecule has 424 valence electrons. The van der Waals surface area contributed by atoms with Crippen molar-refractivity contribution in [1.29, 1.82) is 0 Å². The van der Waals surface area contributed by atoms with Gasteiger partial charge in [0, 0.05) is 52.0 Å². The second kappa shape index (κ2) is 33.3. The molecule has 0 spiro atoms. The van der Waals surface area contributed by atoms with Gasteiger partial charge in [-0.05, 0) is 93.9 Å². The van der Waals surface area contributed by atoms with Crippen molar-refractivity contribution < 1.29 is 54.0 Å². The number of carbonyl (C=O) groups is 7. The van der Waals surface area contributed by atoms with Gasteiger partial charge >= 0.3 is 0 Å². The third-order valence-electron chi connectivity index (χ3n) is 14.9. The van der Waals surface area contributed by atoms with Crippen molar-refractivity contribution in [3.63, 3.8) is 0 Å². The molecule has 21 heteroatoms. The fourth-order valence-corrected chi connectivity index (χ4v) is 10.4. The lowest BCUT2D eigenvalue weighted by Crippen LogP contribution is -2.61. The number of nitrogens with zero attached hydrogens (tertiary/aromatic N) is 2. The van der Waals surface area contributed by atoms with Crippen molar-refractivity contribution in [3.8, 4) is 5.75 Å². The number of aliphatic hydroxyl groups excluding tert-OH is 3. The van der Waals surface area contributed by atoms with Crippen LogP contribution in [0.5, 0.6) is 5.75 Å². The van der Waals surface area contributed by atoms with E-state index in [0.717, 1.165) is 43.6 Å². The summed E-state index contributed by atoms with van der Waals surface area (Å²) in [5.74, 6) is -3.09. The first-order chi connectivity index (χ1) is 36.0. The summed E-state index contributed by atoms with van der Waals surface area (Å²) < 4.78 is 0. The van der Waals surface area contributed by atoms with Crippen LogP contribution >= 0.6 is 0 Å². The molecule has 0 saturated carbocycles. The van der Waals surface area contributed by atoms with Crippen LogP contribution in [0.15, 0.2) is 24.3 Å². The predicted molar refractivity (Wildman–Crippen MR) is 284 cm³/mol. The standard InChI is InChI=1S/C54H92N10O11/c1-5-35(3)31-36(4)15-11-9-7-8-10-12-18-47(69)58-43-33-46(68)48(57-27-26-56-28-30-65)62-51(72)44-17-14-29-63(44)54(75)42(16-13-25-55)61-49(70)41(24-21-37-19-22-38(66)23-20-37)60-52(73)45-32-39(67)34-64(45)53(74)40(6-2)59-50(43)71/h19-20,22-23,35-36,39-46,48,56-57,65-68H,5-18,21,24-34,55H2,1-4H3,(H,58,69)(H,59,71)(H,60,73)(H,61,70)(H,62,72)/t35?,36?,39-,40?,41?,42?,43+,44?,45?,46-,48?/m1/s1. The smallest absolute Gasteiger partial charge is 0.245 e. The Morgan fingerprint density at radius 3 is 2.11 bits per heavy atom. The number of nitrogens with two attached hydrogens (primary N) is 1. The summed E-state index contributed by atoms with van der Waals surface area (Å²) in [5, 5.41) is 62.3. The highest BCUT2D eigenvalue weighted by Crippen LogP contribution is 2.24. The molecule has 4 rings (SSSR count). The molecule has 8 unspecified atom stereocenters. The number of rotatable bonds is 26. The molecule has 3 saturated heterocycles. The van der Waals surface area contributed by atoms with E-state index in [1.807, 2.05) is 0 Å². The number of carbonyl (C=O) groups excluding carboxylic acids is 7. The summed E-state index contributed by atoms with van der Waals surface area (Å²) >= 11 is 0. The minimum absolute atomic E-state index is 0.0310.